The largest absolute Gasteiger partial charge is 0.435 e. The number of hydrogen-bond donors (Lipinski definition) is 0. The first kappa shape index (κ1) is 13.9. The zero-order valence-corrected chi connectivity index (χ0v) is 10.5. The van der Waals surface area contributed by atoms with Gasteiger partial charge in [0.25, 0.3) is 0 Å². The monoisotopic (exact) mass is 270 g/mol. The van der Waals surface area contributed by atoms with Crippen LogP contribution in [0.25, 0.3) is 0 Å². The number of Topliss-reactive ketones (excluding diaryl/α,β-unsaturated/α-hetero) is 1. The van der Waals surface area contributed by atoms with E-state index in [-0.39, 0.29) is 11.5 Å². The summed E-state index contributed by atoms with van der Waals surface area (Å²) in [5.41, 5.74) is 0.421. The van der Waals surface area contributed by atoms with Gasteiger partial charge in [-0.3, -0.25) is 4.79 Å². The average Bonchev–Trinajstić information content (AvgIpc) is 2.39. The Kier molecular flexibility index (Phi) is 4.85. The van der Waals surface area contributed by atoms with Crippen LogP contribution in [0.2, 0.25) is 0 Å². The molecule has 1 heterocycles. The number of ether oxygens (including phenoxy) is 2. The summed E-state index contributed by atoms with van der Waals surface area (Å²) in [4.78, 5) is 12.1. The molecule has 1 aromatic carbocycles. The summed E-state index contributed by atoms with van der Waals surface area (Å²) in [6, 6.07) is 5.96. The molecule has 2 rings (SSSR count). The molecule has 0 amide bonds. The van der Waals surface area contributed by atoms with Gasteiger partial charge in [0.1, 0.15) is 5.75 Å². The topological polar surface area (TPSA) is 35.5 Å². The van der Waals surface area contributed by atoms with E-state index in [1.165, 1.54) is 12.1 Å². The smallest absolute Gasteiger partial charge is 0.387 e. The molecule has 0 radical (unpaired) electrons. The molecular formula is C14H16F2O3. The van der Waals surface area contributed by atoms with Gasteiger partial charge in [0, 0.05) is 25.2 Å². The maximum Gasteiger partial charge on any atom is 0.387 e. The average molecular weight is 270 g/mol. The number of benzene rings is 1. The second-order valence-electron chi connectivity index (χ2n) is 4.59. The lowest BCUT2D eigenvalue weighted by molar-refractivity contribution is -0.0498. The minimum Gasteiger partial charge on any atom is -0.435 e. The predicted octanol–water partition coefficient (Wildman–Crippen LogP) is 3.29. The Morgan fingerprint density at radius 1 is 1.37 bits per heavy atom. The molecule has 1 fully saturated rings. The number of rotatable bonds is 5. The van der Waals surface area contributed by atoms with Gasteiger partial charge < -0.3 is 9.47 Å². The van der Waals surface area contributed by atoms with Gasteiger partial charge in [-0.15, -0.1) is 0 Å². The fraction of sp³-hybridized carbons (Fsp3) is 0.500. The van der Waals surface area contributed by atoms with Gasteiger partial charge in [0.15, 0.2) is 5.78 Å². The molecule has 1 aliphatic rings. The molecule has 0 aromatic heterocycles. The Balaban J connectivity index is 1.97. The zero-order chi connectivity index (χ0) is 13.7. The summed E-state index contributed by atoms with van der Waals surface area (Å²) in [5.74, 6) is 0.306. The van der Waals surface area contributed by atoms with Crippen molar-refractivity contribution >= 4 is 5.78 Å². The van der Waals surface area contributed by atoms with E-state index in [0.717, 1.165) is 12.8 Å². The summed E-state index contributed by atoms with van der Waals surface area (Å²) in [6.07, 6.45) is 2.18. The molecule has 0 atom stereocenters. The third-order valence-electron chi connectivity index (χ3n) is 3.20. The van der Waals surface area contributed by atoms with Crippen molar-refractivity contribution in [2.75, 3.05) is 13.2 Å². The Morgan fingerprint density at radius 3 is 2.79 bits per heavy atom. The van der Waals surface area contributed by atoms with Crippen molar-refractivity contribution in [3.63, 3.8) is 0 Å². The number of ketones is 1. The quantitative estimate of drug-likeness (QED) is 0.770. The van der Waals surface area contributed by atoms with E-state index in [0.29, 0.717) is 31.1 Å². The van der Waals surface area contributed by atoms with Crippen molar-refractivity contribution in [1.82, 2.24) is 0 Å². The summed E-state index contributed by atoms with van der Waals surface area (Å²) >= 11 is 0. The minimum atomic E-state index is -2.87. The molecule has 104 valence electrons. The maximum atomic E-state index is 12.1. The Labute approximate surface area is 110 Å². The zero-order valence-electron chi connectivity index (χ0n) is 10.5. The second kappa shape index (κ2) is 6.61. The van der Waals surface area contributed by atoms with Crippen LogP contribution in [-0.2, 0) is 4.74 Å². The summed E-state index contributed by atoms with van der Waals surface area (Å²) in [7, 11) is 0. The second-order valence-corrected chi connectivity index (χ2v) is 4.59. The number of halogens is 2. The van der Waals surface area contributed by atoms with Gasteiger partial charge in [-0.1, -0.05) is 12.1 Å². The number of carbonyl (C=O) groups is 1. The van der Waals surface area contributed by atoms with E-state index in [4.69, 9.17) is 4.74 Å². The molecule has 19 heavy (non-hydrogen) atoms. The number of alkyl halides is 2. The molecule has 3 nitrogen and oxygen atoms in total. The van der Waals surface area contributed by atoms with Gasteiger partial charge in [0.05, 0.1) is 0 Å². The highest BCUT2D eigenvalue weighted by Gasteiger charge is 2.18. The van der Waals surface area contributed by atoms with Gasteiger partial charge in [-0.05, 0) is 30.9 Å². The molecule has 0 saturated carbocycles. The lowest BCUT2D eigenvalue weighted by Crippen LogP contribution is -2.18. The Bertz CT molecular complexity index is 428. The summed E-state index contributed by atoms with van der Waals surface area (Å²) in [6.45, 7) is -1.50. The van der Waals surface area contributed by atoms with E-state index in [1.54, 1.807) is 12.1 Å². The van der Waals surface area contributed by atoms with E-state index < -0.39 is 6.61 Å². The third kappa shape index (κ3) is 4.28. The summed E-state index contributed by atoms with van der Waals surface area (Å²) < 4.78 is 33.7. The van der Waals surface area contributed by atoms with Crippen LogP contribution in [0.5, 0.6) is 5.75 Å². The van der Waals surface area contributed by atoms with Crippen LogP contribution in [-0.4, -0.2) is 25.6 Å². The van der Waals surface area contributed by atoms with Crippen LogP contribution in [0, 0.1) is 5.92 Å². The molecule has 1 saturated heterocycles. The third-order valence-corrected chi connectivity index (χ3v) is 3.20. The first-order valence-corrected chi connectivity index (χ1v) is 6.31. The van der Waals surface area contributed by atoms with Crippen molar-refractivity contribution in [1.29, 1.82) is 0 Å². The van der Waals surface area contributed by atoms with Crippen LogP contribution in [0.3, 0.4) is 0 Å². The van der Waals surface area contributed by atoms with Crippen molar-refractivity contribution in [3.8, 4) is 5.75 Å². The molecule has 0 N–H and O–H groups in total. The number of hydrogen-bond acceptors (Lipinski definition) is 3. The van der Waals surface area contributed by atoms with Crippen LogP contribution in [0.15, 0.2) is 24.3 Å². The highest BCUT2D eigenvalue weighted by molar-refractivity contribution is 5.96. The molecular weight excluding hydrogens is 254 g/mol. The summed E-state index contributed by atoms with van der Waals surface area (Å²) in [5, 5.41) is 0. The van der Waals surface area contributed by atoms with E-state index in [2.05, 4.69) is 4.74 Å². The van der Waals surface area contributed by atoms with Crippen molar-refractivity contribution < 1.29 is 23.0 Å². The normalized spacial score (nSPS) is 16.6. The standard InChI is InChI=1S/C14H16F2O3/c15-14(16)19-12-3-1-2-11(9-12)13(17)8-10-4-6-18-7-5-10/h1-3,9-10,14H,4-8H2. The first-order chi connectivity index (χ1) is 9.15. The van der Waals surface area contributed by atoms with E-state index >= 15 is 0 Å². The lowest BCUT2D eigenvalue weighted by Gasteiger charge is -2.21. The molecule has 0 aliphatic carbocycles. The van der Waals surface area contributed by atoms with Crippen molar-refractivity contribution in [3.05, 3.63) is 29.8 Å². The predicted molar refractivity (Wildman–Crippen MR) is 65.6 cm³/mol. The van der Waals surface area contributed by atoms with E-state index in [9.17, 15) is 13.6 Å². The van der Waals surface area contributed by atoms with E-state index in [1.807, 2.05) is 0 Å². The molecule has 0 bridgehead atoms. The van der Waals surface area contributed by atoms with Crippen molar-refractivity contribution in [2.24, 2.45) is 5.92 Å². The van der Waals surface area contributed by atoms with Gasteiger partial charge in [-0.25, -0.2) is 0 Å². The molecule has 5 heteroatoms. The minimum absolute atomic E-state index is 0.0211. The fourth-order valence-electron chi connectivity index (χ4n) is 2.18. The van der Waals surface area contributed by atoms with Crippen LogP contribution < -0.4 is 4.74 Å². The Hall–Kier alpha value is -1.49. The number of carbonyl (C=O) groups excluding carboxylic acids is 1. The molecule has 0 unspecified atom stereocenters. The lowest BCUT2D eigenvalue weighted by atomic mass is 9.92. The van der Waals surface area contributed by atoms with Gasteiger partial charge in [-0.2, -0.15) is 8.78 Å². The fourth-order valence-corrected chi connectivity index (χ4v) is 2.18. The first-order valence-electron chi connectivity index (χ1n) is 6.31. The van der Waals surface area contributed by atoms with Crippen LogP contribution in [0.1, 0.15) is 29.6 Å². The SMILES string of the molecule is O=C(CC1CCOCC1)c1cccc(OC(F)F)c1. The van der Waals surface area contributed by atoms with Gasteiger partial charge >= 0.3 is 6.61 Å². The molecule has 0 spiro atoms. The van der Waals surface area contributed by atoms with Crippen LogP contribution in [0.4, 0.5) is 8.78 Å². The highest BCUT2D eigenvalue weighted by atomic mass is 19.3. The van der Waals surface area contributed by atoms with Crippen LogP contribution >= 0.6 is 0 Å². The highest BCUT2D eigenvalue weighted by Crippen LogP contribution is 2.23. The van der Waals surface area contributed by atoms with Crippen molar-refractivity contribution in [2.45, 2.75) is 25.9 Å². The van der Waals surface area contributed by atoms with Gasteiger partial charge in [0.2, 0.25) is 0 Å². The maximum absolute atomic E-state index is 12.1. The Morgan fingerprint density at radius 2 is 2.11 bits per heavy atom. The molecule has 1 aromatic rings. The molecule has 1 aliphatic heterocycles.